The second-order valence-electron chi connectivity index (χ2n) is 6.14. The minimum absolute atomic E-state index is 0.165. The van der Waals surface area contributed by atoms with Crippen LogP contribution < -0.4 is 5.32 Å². The molecule has 1 rings (SSSR count). The third kappa shape index (κ3) is 5.43. The summed E-state index contributed by atoms with van der Waals surface area (Å²) >= 11 is 0. The molecule has 1 N–H and O–H groups in total. The van der Waals surface area contributed by atoms with Crippen LogP contribution in [0.1, 0.15) is 84.5 Å². The van der Waals surface area contributed by atoms with Crippen LogP contribution in [-0.4, -0.2) is 25.3 Å². The highest BCUT2D eigenvalue weighted by atomic mass is 16.5. The molecule has 19 heavy (non-hydrogen) atoms. The Bertz CT molecular complexity index is 208. The maximum atomic E-state index is 5.84. The Morgan fingerprint density at radius 1 is 1.00 bits per heavy atom. The summed E-state index contributed by atoms with van der Waals surface area (Å²) in [5.41, 5.74) is 0.165. The largest absolute Gasteiger partial charge is 0.377 e. The van der Waals surface area contributed by atoms with E-state index >= 15 is 0 Å². The third-order valence-electron chi connectivity index (χ3n) is 4.79. The summed E-state index contributed by atoms with van der Waals surface area (Å²) in [5.74, 6) is 0. The molecule has 114 valence electrons. The first kappa shape index (κ1) is 17.0. The van der Waals surface area contributed by atoms with E-state index in [1.807, 2.05) is 7.11 Å². The number of rotatable bonds is 12. The monoisotopic (exact) mass is 269 g/mol. The second-order valence-corrected chi connectivity index (χ2v) is 6.14. The summed E-state index contributed by atoms with van der Waals surface area (Å²) in [4.78, 5) is 0. The van der Waals surface area contributed by atoms with Crippen LogP contribution in [0.15, 0.2) is 0 Å². The Kier molecular flexibility index (Phi) is 8.72. The normalized spacial score (nSPS) is 19.1. The molecule has 0 spiro atoms. The van der Waals surface area contributed by atoms with Crippen LogP contribution in [0.25, 0.3) is 0 Å². The van der Waals surface area contributed by atoms with Gasteiger partial charge in [-0.1, -0.05) is 58.8 Å². The smallest absolute Gasteiger partial charge is 0.0831 e. The zero-order valence-corrected chi connectivity index (χ0v) is 13.5. The van der Waals surface area contributed by atoms with Gasteiger partial charge < -0.3 is 10.1 Å². The third-order valence-corrected chi connectivity index (χ3v) is 4.79. The minimum atomic E-state index is 0.165. The van der Waals surface area contributed by atoms with Crippen molar-refractivity contribution in [3.8, 4) is 0 Å². The Labute approximate surface area is 120 Å². The Balaban J connectivity index is 2.15. The summed E-state index contributed by atoms with van der Waals surface area (Å²) in [6.07, 6.45) is 14.9. The van der Waals surface area contributed by atoms with Crippen molar-refractivity contribution in [2.75, 3.05) is 13.7 Å². The van der Waals surface area contributed by atoms with Crippen molar-refractivity contribution in [3.05, 3.63) is 0 Å². The molecule has 0 aromatic heterocycles. The molecule has 0 aliphatic heterocycles. The number of methoxy groups -OCH3 is 1. The summed E-state index contributed by atoms with van der Waals surface area (Å²) in [5, 5.41) is 3.66. The molecule has 1 aliphatic carbocycles. The Morgan fingerprint density at radius 3 is 2.11 bits per heavy atom. The van der Waals surface area contributed by atoms with Crippen molar-refractivity contribution in [1.29, 1.82) is 0 Å². The van der Waals surface area contributed by atoms with E-state index in [1.165, 1.54) is 70.6 Å². The number of likely N-dealkylation sites (N-methyl/N-ethyl adjacent to an activating group) is 1. The zero-order valence-electron chi connectivity index (χ0n) is 13.5. The molecule has 1 unspecified atom stereocenters. The number of unbranched alkanes of at least 4 members (excludes halogenated alkanes) is 6. The van der Waals surface area contributed by atoms with Crippen molar-refractivity contribution < 1.29 is 4.74 Å². The first-order valence-corrected chi connectivity index (χ1v) is 8.57. The van der Waals surface area contributed by atoms with Crippen molar-refractivity contribution >= 4 is 0 Å². The Hall–Kier alpha value is -0.0800. The first-order chi connectivity index (χ1) is 9.29. The van der Waals surface area contributed by atoms with Crippen molar-refractivity contribution in [3.63, 3.8) is 0 Å². The van der Waals surface area contributed by atoms with Gasteiger partial charge >= 0.3 is 0 Å². The lowest BCUT2D eigenvalue weighted by Gasteiger charge is -2.47. The van der Waals surface area contributed by atoms with E-state index in [0.717, 1.165) is 6.54 Å². The molecule has 0 amide bonds. The molecule has 0 radical (unpaired) electrons. The lowest BCUT2D eigenvalue weighted by atomic mass is 9.73. The molecule has 1 atom stereocenters. The quantitative estimate of drug-likeness (QED) is 0.520. The summed E-state index contributed by atoms with van der Waals surface area (Å²) in [7, 11) is 1.90. The highest BCUT2D eigenvalue weighted by molar-refractivity contribution is 4.99. The fourth-order valence-corrected chi connectivity index (χ4v) is 3.32. The van der Waals surface area contributed by atoms with Gasteiger partial charge in [0.25, 0.3) is 0 Å². The molecule has 0 heterocycles. The number of nitrogens with one attached hydrogen (secondary N) is 1. The van der Waals surface area contributed by atoms with E-state index in [0.29, 0.717) is 6.04 Å². The van der Waals surface area contributed by atoms with Crippen molar-refractivity contribution in [2.45, 2.75) is 96.1 Å². The molecule has 1 saturated carbocycles. The van der Waals surface area contributed by atoms with Gasteiger partial charge in [0.05, 0.1) is 5.60 Å². The number of hydrogen-bond acceptors (Lipinski definition) is 2. The van der Waals surface area contributed by atoms with Crippen LogP contribution in [0.4, 0.5) is 0 Å². The minimum Gasteiger partial charge on any atom is -0.377 e. The standard InChI is InChI=1S/C17H35NO/c1-4-6-7-8-9-10-11-13-16(18-5-2)17(19-3)14-12-15-17/h16,18H,4-15H2,1-3H3. The lowest BCUT2D eigenvalue weighted by molar-refractivity contribution is -0.1000. The van der Waals surface area contributed by atoms with Crippen LogP contribution >= 0.6 is 0 Å². The average Bonchev–Trinajstić information content (AvgIpc) is 2.37. The van der Waals surface area contributed by atoms with E-state index in [1.54, 1.807) is 0 Å². The SMILES string of the molecule is CCCCCCCCCC(NCC)C1(OC)CCC1. The molecule has 0 bridgehead atoms. The van der Waals surface area contributed by atoms with Gasteiger partial charge in [0.15, 0.2) is 0 Å². The average molecular weight is 269 g/mol. The van der Waals surface area contributed by atoms with Crippen LogP contribution in [0.2, 0.25) is 0 Å². The maximum absolute atomic E-state index is 5.84. The van der Waals surface area contributed by atoms with Gasteiger partial charge in [0, 0.05) is 13.2 Å². The van der Waals surface area contributed by atoms with Crippen LogP contribution in [-0.2, 0) is 4.74 Å². The molecular weight excluding hydrogens is 234 g/mol. The lowest BCUT2D eigenvalue weighted by Crippen LogP contribution is -2.56. The van der Waals surface area contributed by atoms with E-state index in [-0.39, 0.29) is 5.60 Å². The van der Waals surface area contributed by atoms with Gasteiger partial charge in [0.2, 0.25) is 0 Å². The predicted molar refractivity (Wildman–Crippen MR) is 83.7 cm³/mol. The number of hydrogen-bond donors (Lipinski definition) is 1. The highest BCUT2D eigenvalue weighted by Gasteiger charge is 2.43. The topological polar surface area (TPSA) is 21.3 Å². The predicted octanol–water partition coefficient (Wildman–Crippen LogP) is 4.67. The van der Waals surface area contributed by atoms with E-state index < -0.39 is 0 Å². The van der Waals surface area contributed by atoms with Crippen LogP contribution in [0, 0.1) is 0 Å². The molecule has 0 aromatic rings. The van der Waals surface area contributed by atoms with E-state index in [4.69, 9.17) is 4.74 Å². The summed E-state index contributed by atoms with van der Waals surface area (Å²) in [6.45, 7) is 5.55. The van der Waals surface area contributed by atoms with Crippen LogP contribution in [0.3, 0.4) is 0 Å². The van der Waals surface area contributed by atoms with E-state index in [9.17, 15) is 0 Å². The molecule has 0 saturated heterocycles. The van der Waals surface area contributed by atoms with Crippen molar-refractivity contribution in [1.82, 2.24) is 5.32 Å². The molecular formula is C17H35NO. The van der Waals surface area contributed by atoms with E-state index in [2.05, 4.69) is 19.2 Å². The highest BCUT2D eigenvalue weighted by Crippen LogP contribution is 2.39. The first-order valence-electron chi connectivity index (χ1n) is 8.57. The summed E-state index contributed by atoms with van der Waals surface area (Å²) < 4.78 is 5.84. The fourth-order valence-electron chi connectivity index (χ4n) is 3.32. The van der Waals surface area contributed by atoms with Crippen LogP contribution in [0.5, 0.6) is 0 Å². The van der Waals surface area contributed by atoms with Gasteiger partial charge in [-0.05, 0) is 32.2 Å². The molecule has 1 aliphatic rings. The second kappa shape index (κ2) is 9.77. The molecule has 2 nitrogen and oxygen atoms in total. The van der Waals surface area contributed by atoms with Crippen molar-refractivity contribution in [2.24, 2.45) is 0 Å². The van der Waals surface area contributed by atoms with Gasteiger partial charge in [0.1, 0.15) is 0 Å². The molecule has 0 aromatic carbocycles. The maximum Gasteiger partial charge on any atom is 0.0831 e. The van der Waals surface area contributed by atoms with Gasteiger partial charge in [-0.15, -0.1) is 0 Å². The summed E-state index contributed by atoms with van der Waals surface area (Å²) in [6, 6.07) is 0.576. The Morgan fingerprint density at radius 2 is 1.63 bits per heavy atom. The van der Waals surface area contributed by atoms with Gasteiger partial charge in [-0.3, -0.25) is 0 Å². The molecule has 1 fully saturated rings. The fraction of sp³-hybridized carbons (Fsp3) is 1.00. The molecule has 2 heteroatoms. The van der Waals surface area contributed by atoms with Gasteiger partial charge in [-0.2, -0.15) is 0 Å². The zero-order chi connectivity index (χ0) is 14.0. The van der Waals surface area contributed by atoms with Gasteiger partial charge in [-0.25, -0.2) is 0 Å². The number of ether oxygens (including phenoxy) is 1.